The van der Waals surface area contributed by atoms with Crippen LogP contribution in [-0.4, -0.2) is 37.9 Å². The minimum absolute atomic E-state index is 0.156. The molecule has 5 nitrogen and oxygen atoms in total. The Hall–Kier alpha value is -0.730. The zero-order chi connectivity index (χ0) is 23.4. The normalized spacial score (nSPS) is 25.6. The third kappa shape index (κ3) is 4.74. The molecule has 1 saturated carbocycles. The lowest BCUT2D eigenvalue weighted by Crippen LogP contribution is -2.50. The van der Waals surface area contributed by atoms with Crippen molar-refractivity contribution in [3.05, 3.63) is 61.5 Å². The van der Waals surface area contributed by atoms with Crippen LogP contribution in [-0.2, 0) is 15.6 Å². The van der Waals surface area contributed by atoms with Crippen LogP contribution in [0.25, 0.3) is 0 Å². The zero-order valence-electron chi connectivity index (χ0n) is 15.9. The lowest BCUT2D eigenvalue weighted by atomic mass is 10.1. The zero-order valence-corrected chi connectivity index (χ0v) is 21.3. The number of carbonyl (C=O) groups excluding carboxylic acids is 2. The van der Waals surface area contributed by atoms with Gasteiger partial charge in [-0.05, 0) is 35.9 Å². The second-order valence-electron chi connectivity index (χ2n) is 7.56. The molecule has 2 aromatic carbocycles. The molecule has 0 aromatic heterocycles. The third-order valence-corrected chi connectivity index (χ3v) is 9.30. The SMILES string of the molecule is O=C(NC1CS(=O)C1)c1cc(NC(=O)C2C(c3cc(Cl)c(Cl)c(Cl)c3)C2(Cl)Cl)ccc1Cl. The van der Waals surface area contributed by atoms with Gasteiger partial charge in [0.05, 0.1) is 37.6 Å². The molecule has 170 valence electrons. The lowest BCUT2D eigenvalue weighted by Gasteiger charge is -2.26. The Labute approximate surface area is 216 Å². The minimum atomic E-state index is -1.36. The first-order chi connectivity index (χ1) is 15.0. The minimum Gasteiger partial charge on any atom is -0.347 e. The summed E-state index contributed by atoms with van der Waals surface area (Å²) in [5.41, 5.74) is 1.13. The molecule has 1 saturated heterocycles. The molecule has 32 heavy (non-hydrogen) atoms. The molecule has 2 fully saturated rings. The van der Waals surface area contributed by atoms with Crippen molar-refractivity contribution >= 4 is 97.9 Å². The Kier molecular flexibility index (Phi) is 6.97. The number of anilines is 1. The van der Waals surface area contributed by atoms with Crippen LogP contribution < -0.4 is 10.6 Å². The number of amides is 2. The largest absolute Gasteiger partial charge is 0.347 e. The highest BCUT2D eigenvalue weighted by Crippen LogP contribution is 2.65. The van der Waals surface area contributed by atoms with Crippen molar-refractivity contribution in [1.82, 2.24) is 5.32 Å². The number of hydrogen-bond donors (Lipinski definition) is 2. The van der Waals surface area contributed by atoms with Gasteiger partial charge >= 0.3 is 0 Å². The van der Waals surface area contributed by atoms with Crippen LogP contribution in [0.4, 0.5) is 5.69 Å². The first-order valence-corrected chi connectivity index (χ1v) is 13.0. The van der Waals surface area contributed by atoms with Gasteiger partial charge in [0, 0.05) is 33.9 Å². The summed E-state index contributed by atoms with van der Waals surface area (Å²) in [4.78, 5) is 25.4. The summed E-state index contributed by atoms with van der Waals surface area (Å²) in [7, 11) is -0.896. The summed E-state index contributed by atoms with van der Waals surface area (Å²) in [5.74, 6) is -1.36. The maximum absolute atomic E-state index is 12.9. The molecule has 2 amide bonds. The van der Waals surface area contributed by atoms with Crippen molar-refractivity contribution < 1.29 is 13.8 Å². The van der Waals surface area contributed by atoms with Crippen molar-refractivity contribution in [2.24, 2.45) is 5.92 Å². The van der Waals surface area contributed by atoms with E-state index in [0.717, 1.165) is 0 Å². The molecule has 1 aliphatic carbocycles. The number of carbonyl (C=O) groups is 2. The standard InChI is InChI=1S/C20H14Cl6N2O3S/c21-12-2-1-9(5-11(12)18(29)28-10-6-32(31)7-10)27-19(30)16-15(20(16,25)26)8-3-13(22)17(24)14(23)4-8/h1-5,10,15-16H,6-7H2,(H,27,30)(H,28,29). The van der Waals surface area contributed by atoms with Crippen LogP contribution in [0.5, 0.6) is 0 Å². The van der Waals surface area contributed by atoms with Crippen LogP contribution >= 0.6 is 69.6 Å². The van der Waals surface area contributed by atoms with E-state index in [9.17, 15) is 13.8 Å². The highest BCUT2D eigenvalue weighted by atomic mass is 35.5. The summed E-state index contributed by atoms with van der Waals surface area (Å²) >= 11 is 37.1. The van der Waals surface area contributed by atoms with Gasteiger partial charge in [-0.15, -0.1) is 23.2 Å². The van der Waals surface area contributed by atoms with Gasteiger partial charge in [0.25, 0.3) is 5.91 Å². The topological polar surface area (TPSA) is 75.3 Å². The molecule has 12 heteroatoms. The summed E-state index contributed by atoms with van der Waals surface area (Å²) in [6.45, 7) is 0. The van der Waals surface area contributed by atoms with Crippen LogP contribution in [0.2, 0.25) is 20.1 Å². The second-order valence-corrected chi connectivity index (χ2v) is 12.1. The van der Waals surface area contributed by atoms with Crippen molar-refractivity contribution in [3.63, 3.8) is 0 Å². The van der Waals surface area contributed by atoms with E-state index in [0.29, 0.717) is 22.8 Å². The van der Waals surface area contributed by atoms with E-state index in [-0.39, 0.29) is 31.7 Å². The first-order valence-electron chi connectivity index (χ1n) is 9.27. The Morgan fingerprint density at radius 3 is 2.19 bits per heavy atom. The van der Waals surface area contributed by atoms with Gasteiger partial charge in [-0.25, -0.2) is 0 Å². The number of halogens is 6. The van der Waals surface area contributed by atoms with E-state index in [2.05, 4.69) is 10.6 Å². The fraction of sp³-hybridized carbons (Fsp3) is 0.300. The van der Waals surface area contributed by atoms with Crippen LogP contribution in [0.3, 0.4) is 0 Å². The van der Waals surface area contributed by atoms with E-state index in [4.69, 9.17) is 69.6 Å². The predicted molar refractivity (Wildman–Crippen MR) is 131 cm³/mol. The number of hydrogen-bond acceptors (Lipinski definition) is 3. The van der Waals surface area contributed by atoms with Gasteiger partial charge < -0.3 is 10.6 Å². The van der Waals surface area contributed by atoms with Gasteiger partial charge in [-0.2, -0.15) is 0 Å². The Morgan fingerprint density at radius 1 is 0.969 bits per heavy atom. The number of rotatable bonds is 5. The molecule has 2 unspecified atom stereocenters. The van der Waals surface area contributed by atoms with Gasteiger partial charge in [-0.1, -0.05) is 46.4 Å². The highest BCUT2D eigenvalue weighted by molar-refractivity contribution is 7.86. The monoisotopic (exact) mass is 572 g/mol. The average molecular weight is 575 g/mol. The molecule has 1 heterocycles. The van der Waals surface area contributed by atoms with Crippen molar-refractivity contribution in [3.8, 4) is 0 Å². The molecule has 0 bridgehead atoms. The maximum atomic E-state index is 12.9. The lowest BCUT2D eigenvalue weighted by molar-refractivity contribution is -0.117. The highest BCUT2D eigenvalue weighted by Gasteiger charge is 2.67. The molecule has 2 aliphatic rings. The van der Waals surface area contributed by atoms with Gasteiger partial charge in [0.15, 0.2) is 0 Å². The number of benzene rings is 2. The fourth-order valence-electron chi connectivity index (χ4n) is 3.57. The number of nitrogens with one attached hydrogen (secondary N) is 2. The Balaban J connectivity index is 1.49. The van der Waals surface area contributed by atoms with E-state index >= 15 is 0 Å². The molecule has 1 aliphatic heterocycles. The molecule has 2 aromatic rings. The van der Waals surface area contributed by atoms with Crippen molar-refractivity contribution in [2.45, 2.75) is 16.3 Å². The summed E-state index contributed by atoms with van der Waals surface area (Å²) in [6, 6.07) is 7.52. The van der Waals surface area contributed by atoms with Crippen LogP contribution in [0.15, 0.2) is 30.3 Å². The van der Waals surface area contributed by atoms with Crippen LogP contribution in [0.1, 0.15) is 21.8 Å². The summed E-state index contributed by atoms with van der Waals surface area (Å²) in [5, 5.41) is 6.38. The second kappa shape index (κ2) is 9.14. The smallest absolute Gasteiger partial charge is 0.253 e. The van der Waals surface area contributed by atoms with Gasteiger partial charge in [-0.3, -0.25) is 13.8 Å². The molecule has 0 radical (unpaired) electrons. The molecule has 0 spiro atoms. The van der Waals surface area contributed by atoms with Crippen LogP contribution in [0, 0.1) is 5.92 Å². The molecular formula is C20H14Cl6N2O3S. The average Bonchev–Trinajstić information content (AvgIpc) is 3.28. The Morgan fingerprint density at radius 2 is 1.59 bits per heavy atom. The molecule has 4 rings (SSSR count). The maximum Gasteiger partial charge on any atom is 0.253 e. The van der Waals surface area contributed by atoms with Crippen molar-refractivity contribution in [1.29, 1.82) is 0 Å². The number of alkyl halides is 2. The molecule has 2 atom stereocenters. The Bertz CT molecular complexity index is 1130. The predicted octanol–water partition coefficient (Wildman–Crippen LogP) is 5.69. The van der Waals surface area contributed by atoms with Crippen molar-refractivity contribution in [2.75, 3.05) is 16.8 Å². The molecule has 2 N–H and O–H groups in total. The summed E-state index contributed by atoms with van der Waals surface area (Å²) in [6.07, 6.45) is 0. The molecular weight excluding hydrogens is 561 g/mol. The summed E-state index contributed by atoms with van der Waals surface area (Å²) < 4.78 is 9.85. The quantitative estimate of drug-likeness (QED) is 0.356. The van der Waals surface area contributed by atoms with Gasteiger partial charge in [0.1, 0.15) is 4.33 Å². The van der Waals surface area contributed by atoms with E-state index in [1.54, 1.807) is 18.2 Å². The van der Waals surface area contributed by atoms with Gasteiger partial charge in [0.2, 0.25) is 5.91 Å². The van der Waals surface area contributed by atoms with E-state index in [1.165, 1.54) is 12.1 Å². The van der Waals surface area contributed by atoms with E-state index < -0.39 is 38.8 Å². The first kappa shape index (κ1) is 24.4. The fourth-order valence-corrected chi connectivity index (χ4v) is 6.18. The third-order valence-electron chi connectivity index (χ3n) is 5.29. The van der Waals surface area contributed by atoms with E-state index in [1.807, 2.05) is 0 Å².